The van der Waals surface area contributed by atoms with Crippen molar-refractivity contribution in [1.82, 2.24) is 19.9 Å². The molecule has 2 aliphatic rings. The molecule has 0 spiro atoms. The predicted molar refractivity (Wildman–Crippen MR) is 162 cm³/mol. The van der Waals surface area contributed by atoms with Gasteiger partial charge in [0.05, 0.1) is 42.5 Å². The van der Waals surface area contributed by atoms with E-state index in [2.05, 4.69) is 15.0 Å². The summed E-state index contributed by atoms with van der Waals surface area (Å²) in [7, 11) is 0. The topological polar surface area (TPSA) is 129 Å². The lowest BCUT2D eigenvalue weighted by Crippen LogP contribution is -2.57. The average molecular weight is 742 g/mol. The molecule has 4 heterocycles. The quantitative estimate of drug-likeness (QED) is 0.184. The Bertz CT molecular complexity index is 2070. The molecule has 0 bridgehead atoms. The number of benzene rings is 2. The summed E-state index contributed by atoms with van der Waals surface area (Å²) in [5.74, 6) is -6.25. The number of phenolic OH excluding ortho intramolecular Hbond substituents is 1. The minimum atomic E-state index is -5.18. The van der Waals surface area contributed by atoms with Gasteiger partial charge in [-0.05, 0) is 55.3 Å². The van der Waals surface area contributed by atoms with Gasteiger partial charge < -0.3 is 19.8 Å². The first-order valence-corrected chi connectivity index (χ1v) is 15.1. The van der Waals surface area contributed by atoms with Crippen molar-refractivity contribution in [3.8, 4) is 28.0 Å². The number of amides is 1. The van der Waals surface area contributed by atoms with Crippen molar-refractivity contribution in [3.63, 3.8) is 0 Å². The Labute approximate surface area is 287 Å². The molecule has 19 heteroatoms. The maximum atomic E-state index is 15.3. The van der Waals surface area contributed by atoms with Gasteiger partial charge in [-0.15, -0.1) is 0 Å². The summed E-state index contributed by atoms with van der Waals surface area (Å²) in [6, 6.07) is 2.65. The molecule has 2 aromatic carbocycles. The Hall–Kier alpha value is -5.62. The number of anilines is 1. The van der Waals surface area contributed by atoms with Crippen molar-refractivity contribution in [2.24, 2.45) is 0 Å². The first-order valence-electron chi connectivity index (χ1n) is 15.1. The first-order chi connectivity index (χ1) is 24.1. The molecule has 0 saturated carbocycles. The van der Waals surface area contributed by atoms with E-state index in [1.165, 1.54) is 19.9 Å². The number of cyclic esters (lactones) is 1. The fourth-order valence-electron chi connectivity index (χ4n) is 5.96. The third-order valence-electron chi connectivity index (χ3n) is 8.63. The van der Waals surface area contributed by atoms with Crippen LogP contribution in [0.4, 0.5) is 50.3 Å². The lowest BCUT2D eigenvalue weighted by molar-refractivity contribution is -0.143. The number of halogens is 9. The van der Waals surface area contributed by atoms with Crippen LogP contribution in [0.1, 0.15) is 51.5 Å². The number of hydrogen-bond donors (Lipinski definition) is 2. The lowest BCUT2D eigenvalue weighted by Gasteiger charge is -2.38. The molecule has 2 aliphatic heterocycles. The highest BCUT2D eigenvalue weighted by molar-refractivity contribution is 5.87. The van der Waals surface area contributed by atoms with E-state index in [-0.39, 0.29) is 51.2 Å². The number of aromatic carboxylic acids is 1. The zero-order chi connectivity index (χ0) is 38.1. The van der Waals surface area contributed by atoms with E-state index >= 15 is 4.39 Å². The Morgan fingerprint density at radius 1 is 0.923 bits per heavy atom. The zero-order valence-electron chi connectivity index (χ0n) is 26.7. The fourth-order valence-corrected chi connectivity index (χ4v) is 5.96. The van der Waals surface area contributed by atoms with Gasteiger partial charge in [0.15, 0.2) is 0 Å². The second-order valence-electron chi connectivity index (χ2n) is 12.3. The van der Waals surface area contributed by atoms with Gasteiger partial charge in [0.2, 0.25) is 5.95 Å². The molecule has 2 N–H and O–H groups in total. The van der Waals surface area contributed by atoms with Gasteiger partial charge in [-0.1, -0.05) is 0 Å². The number of nitrogens with zero attached hydrogens (tertiary/aromatic N) is 5. The Morgan fingerprint density at radius 3 is 2.10 bits per heavy atom. The molecular formula is C33H24F9N5O5. The summed E-state index contributed by atoms with van der Waals surface area (Å²) in [6.45, 7) is 0.664. The highest BCUT2D eigenvalue weighted by atomic mass is 19.4. The van der Waals surface area contributed by atoms with Crippen LogP contribution in [0.25, 0.3) is 22.3 Å². The molecule has 2 atom stereocenters. The van der Waals surface area contributed by atoms with Crippen molar-refractivity contribution in [2.75, 3.05) is 18.0 Å². The van der Waals surface area contributed by atoms with E-state index in [1.54, 1.807) is 0 Å². The first kappa shape index (κ1) is 36.2. The van der Waals surface area contributed by atoms with Crippen molar-refractivity contribution in [1.29, 1.82) is 0 Å². The number of ether oxygens (including phenoxy) is 1. The van der Waals surface area contributed by atoms with Crippen LogP contribution in [0.5, 0.6) is 5.75 Å². The van der Waals surface area contributed by atoms with Crippen LogP contribution < -0.4 is 4.90 Å². The molecule has 4 aromatic rings. The zero-order valence-corrected chi connectivity index (χ0v) is 26.7. The van der Waals surface area contributed by atoms with Gasteiger partial charge in [0.1, 0.15) is 23.4 Å². The number of rotatable bonds is 7. The van der Waals surface area contributed by atoms with E-state index in [0.29, 0.717) is 12.1 Å². The van der Waals surface area contributed by atoms with Gasteiger partial charge >= 0.3 is 24.4 Å². The summed E-state index contributed by atoms with van der Waals surface area (Å²) in [5, 5.41) is 20.1. The van der Waals surface area contributed by atoms with Crippen LogP contribution in [0, 0.1) is 12.7 Å². The number of carboxylic acid groups (broad SMARTS) is 1. The Morgan fingerprint density at radius 2 is 1.54 bits per heavy atom. The van der Waals surface area contributed by atoms with Crippen molar-refractivity contribution in [3.05, 3.63) is 88.3 Å². The second kappa shape index (κ2) is 12.6. The van der Waals surface area contributed by atoms with Crippen LogP contribution in [0.2, 0.25) is 0 Å². The van der Waals surface area contributed by atoms with Gasteiger partial charge in [-0.25, -0.2) is 37.7 Å². The number of alkyl halides is 8. The number of carbonyl (C=O) groups is 2. The largest absolute Gasteiger partial charge is 0.507 e. The standard InChI is InChI=1S/C33H24F9N5O5/c1-14-3-24(28(49)50)43-9-21(14)19-7-20(26(48)8-23(19)34)22-10-44-29(46-12-31(35,36)13-46)45-25(22)11-47-15(2)27(52-30(47)51)16-4-17(32(37,38)39)6-18(5-16)33(40,41)42/h3-10,15,27,48H,11-13H2,1-2H3,(H,49,50)/t15-,27-/m0/s1. The molecule has 1 amide bonds. The summed E-state index contributed by atoms with van der Waals surface area (Å²) >= 11 is 0. The van der Waals surface area contributed by atoms with Crippen LogP contribution >= 0.6 is 0 Å². The van der Waals surface area contributed by atoms with E-state index < -0.39 is 90.4 Å². The van der Waals surface area contributed by atoms with Crippen molar-refractivity contribution < 1.29 is 64.1 Å². The summed E-state index contributed by atoms with van der Waals surface area (Å²) < 4.78 is 130. The monoisotopic (exact) mass is 741 g/mol. The Balaban J connectivity index is 1.42. The number of aromatic hydroxyl groups is 1. The number of pyridine rings is 1. The predicted octanol–water partition coefficient (Wildman–Crippen LogP) is 7.63. The van der Waals surface area contributed by atoms with Gasteiger partial charge in [-0.3, -0.25) is 4.90 Å². The molecule has 2 aromatic heterocycles. The molecule has 2 fully saturated rings. The van der Waals surface area contributed by atoms with Gasteiger partial charge in [-0.2, -0.15) is 26.3 Å². The molecule has 6 rings (SSSR count). The summed E-state index contributed by atoms with van der Waals surface area (Å²) in [4.78, 5) is 38.8. The highest BCUT2D eigenvalue weighted by Crippen LogP contribution is 2.43. The molecule has 0 aliphatic carbocycles. The average Bonchev–Trinajstić information content (AvgIpc) is 3.31. The SMILES string of the molecule is Cc1cc(C(=O)O)ncc1-c1cc(-c2cnc(N3CC(F)(F)C3)nc2CN2C(=O)O[C@H](c3cc(C(F)(F)F)cc(C(F)(F)F)c3)[C@@H]2C)c(O)cc1F. The highest BCUT2D eigenvalue weighted by Gasteiger charge is 2.46. The van der Waals surface area contributed by atoms with E-state index in [0.717, 1.165) is 34.3 Å². The minimum absolute atomic E-state index is 0.0653. The lowest BCUT2D eigenvalue weighted by atomic mass is 9.95. The third kappa shape index (κ3) is 6.85. The van der Waals surface area contributed by atoms with Gasteiger partial charge in [0, 0.05) is 40.7 Å². The molecule has 52 heavy (non-hydrogen) atoms. The third-order valence-corrected chi connectivity index (χ3v) is 8.63. The van der Waals surface area contributed by atoms with Crippen molar-refractivity contribution >= 4 is 18.0 Å². The Kier molecular flexibility index (Phi) is 8.73. The van der Waals surface area contributed by atoms with Crippen LogP contribution in [-0.4, -0.2) is 67.2 Å². The van der Waals surface area contributed by atoms with E-state index in [1.807, 2.05) is 0 Å². The maximum Gasteiger partial charge on any atom is 0.416 e. The number of aromatic nitrogens is 3. The number of carboxylic acids is 1. The molecule has 2 saturated heterocycles. The molecule has 0 radical (unpaired) electrons. The van der Waals surface area contributed by atoms with E-state index in [4.69, 9.17) is 4.74 Å². The molecule has 274 valence electrons. The van der Waals surface area contributed by atoms with Gasteiger partial charge in [0.25, 0.3) is 5.92 Å². The number of phenols is 1. The summed E-state index contributed by atoms with van der Waals surface area (Å²) in [5.41, 5.74) is -4.27. The second-order valence-corrected chi connectivity index (χ2v) is 12.3. The summed E-state index contributed by atoms with van der Waals surface area (Å²) in [6.07, 6.45) is -11.0. The van der Waals surface area contributed by atoms with Crippen LogP contribution in [-0.2, 0) is 23.6 Å². The maximum absolute atomic E-state index is 15.3. The smallest absolute Gasteiger partial charge is 0.416 e. The molecular weight excluding hydrogens is 717 g/mol. The normalized spacial score (nSPS) is 18.7. The van der Waals surface area contributed by atoms with Crippen LogP contribution in [0.15, 0.2) is 48.8 Å². The number of carbonyl (C=O) groups excluding carboxylic acids is 1. The van der Waals surface area contributed by atoms with E-state index in [9.17, 15) is 54.9 Å². The van der Waals surface area contributed by atoms with Crippen LogP contribution in [0.3, 0.4) is 0 Å². The molecule has 10 nitrogen and oxygen atoms in total. The number of hydrogen-bond acceptors (Lipinski definition) is 8. The van der Waals surface area contributed by atoms with Crippen molar-refractivity contribution in [2.45, 2.75) is 50.8 Å². The fraction of sp³-hybridized carbons (Fsp3) is 0.303. The minimum Gasteiger partial charge on any atom is -0.507 e. The molecule has 0 unspecified atom stereocenters. The number of aryl methyl sites for hydroxylation is 1.